The summed E-state index contributed by atoms with van der Waals surface area (Å²) in [5, 5.41) is 20.1. The van der Waals surface area contributed by atoms with Crippen LogP contribution in [0.15, 0.2) is 29.8 Å². The normalized spacial score (nSPS) is 21.5. The summed E-state index contributed by atoms with van der Waals surface area (Å²) < 4.78 is 15.8. The number of carboxylic acids is 1. The largest absolute Gasteiger partial charge is 0.480 e. The number of tetrazole rings is 1. The van der Waals surface area contributed by atoms with E-state index in [4.69, 9.17) is 5.11 Å². The maximum atomic E-state index is 14.6. The number of hydrogen-bond acceptors (Lipinski definition) is 7. The van der Waals surface area contributed by atoms with Crippen LogP contribution in [-0.2, 0) is 16.1 Å². The van der Waals surface area contributed by atoms with Crippen molar-refractivity contribution in [2.45, 2.75) is 37.1 Å². The number of ketones is 1. The van der Waals surface area contributed by atoms with Crippen molar-refractivity contribution in [2.24, 2.45) is 5.92 Å². The van der Waals surface area contributed by atoms with Gasteiger partial charge in [-0.15, -0.1) is 17.5 Å². The molecule has 2 unspecified atom stereocenters. The van der Waals surface area contributed by atoms with Gasteiger partial charge in [0.15, 0.2) is 11.6 Å². The van der Waals surface area contributed by atoms with Gasteiger partial charge >= 0.3 is 5.97 Å². The summed E-state index contributed by atoms with van der Waals surface area (Å²) in [4.78, 5) is 26.1. The third-order valence-corrected chi connectivity index (χ3v) is 6.07. The first-order chi connectivity index (χ1) is 14.4. The minimum Gasteiger partial charge on any atom is -0.480 e. The molecule has 2 aliphatic rings. The Balaban J connectivity index is 0.00000272. The van der Waals surface area contributed by atoms with Crippen molar-refractivity contribution >= 4 is 42.9 Å². The standard InChI is InChI=1S/C20H22FN5O3S.ClH/c21-15-4-2-1-3-14(15)19(20(29)12-5-6-12)25-8-7-16(30)13(10-25)9-17-22-23-24-26(17)11-18(27)28;/h1-4,9,12,16,19,30H,5-8,10-11H2,(H,27,28);1H/b13-9+;. The second kappa shape index (κ2) is 9.88. The topological polar surface area (TPSA) is 101 Å². The third-order valence-electron chi connectivity index (χ3n) is 5.48. The summed E-state index contributed by atoms with van der Waals surface area (Å²) >= 11 is 4.64. The van der Waals surface area contributed by atoms with E-state index in [1.54, 1.807) is 24.3 Å². The molecule has 1 N–H and O–H groups in total. The van der Waals surface area contributed by atoms with Crippen LogP contribution in [0.1, 0.15) is 36.7 Å². The number of benzene rings is 1. The van der Waals surface area contributed by atoms with Crippen molar-refractivity contribution < 1.29 is 19.1 Å². The van der Waals surface area contributed by atoms with Crippen LogP contribution in [0, 0.1) is 11.7 Å². The lowest BCUT2D eigenvalue weighted by Crippen LogP contribution is -2.42. The molecule has 1 aromatic heterocycles. The van der Waals surface area contributed by atoms with Gasteiger partial charge in [0, 0.05) is 29.8 Å². The van der Waals surface area contributed by atoms with Crippen LogP contribution in [0.4, 0.5) is 4.39 Å². The second-order valence-electron chi connectivity index (χ2n) is 7.68. The Bertz CT molecular complexity index is 997. The highest BCUT2D eigenvalue weighted by molar-refractivity contribution is 7.81. The van der Waals surface area contributed by atoms with Crippen molar-refractivity contribution in [3.05, 3.63) is 47.0 Å². The molecule has 31 heavy (non-hydrogen) atoms. The lowest BCUT2D eigenvalue weighted by Gasteiger charge is -2.37. The Hall–Kier alpha value is -2.30. The Kier molecular flexibility index (Phi) is 7.45. The van der Waals surface area contributed by atoms with Crippen molar-refractivity contribution in [2.75, 3.05) is 13.1 Å². The SMILES string of the molecule is Cl.O=C(O)Cn1nnnc1/C=C1\CN(C(C(=O)C2CC2)c2ccccc2F)CCC1S. The predicted octanol–water partition coefficient (Wildman–Crippen LogP) is 2.43. The summed E-state index contributed by atoms with van der Waals surface area (Å²) in [6.45, 7) is 0.639. The number of Topliss-reactive ketones (excluding diaryl/α,β-unsaturated/α-hetero) is 1. The van der Waals surface area contributed by atoms with E-state index in [-0.39, 0.29) is 41.7 Å². The van der Waals surface area contributed by atoms with E-state index in [2.05, 4.69) is 28.2 Å². The summed E-state index contributed by atoms with van der Waals surface area (Å²) in [6.07, 6.45) is 4.07. The van der Waals surface area contributed by atoms with Crippen molar-refractivity contribution in [1.29, 1.82) is 0 Å². The first-order valence-corrected chi connectivity index (χ1v) is 10.3. The molecule has 0 radical (unpaired) electrons. The van der Waals surface area contributed by atoms with Gasteiger partial charge in [0.1, 0.15) is 12.4 Å². The number of aliphatic carboxylic acids is 1. The van der Waals surface area contributed by atoms with E-state index in [0.29, 0.717) is 30.9 Å². The van der Waals surface area contributed by atoms with Crippen LogP contribution in [0.5, 0.6) is 0 Å². The maximum Gasteiger partial charge on any atom is 0.325 e. The van der Waals surface area contributed by atoms with Gasteiger partial charge in [-0.3, -0.25) is 14.5 Å². The monoisotopic (exact) mass is 467 g/mol. The molecular formula is C20H23ClFN5O3S. The molecule has 2 aromatic rings. The molecule has 0 spiro atoms. The molecule has 2 heterocycles. The molecule has 166 valence electrons. The molecule has 2 fully saturated rings. The Labute approximate surface area is 190 Å². The summed E-state index contributed by atoms with van der Waals surface area (Å²) in [7, 11) is 0. The number of carboxylic acid groups (broad SMARTS) is 1. The van der Waals surface area contributed by atoms with Gasteiger partial charge in [0.2, 0.25) is 0 Å². The zero-order chi connectivity index (χ0) is 21.3. The highest BCUT2D eigenvalue weighted by Gasteiger charge is 2.40. The molecule has 4 rings (SSSR count). The molecular weight excluding hydrogens is 445 g/mol. The number of rotatable bonds is 7. The Morgan fingerprint density at radius 1 is 1.29 bits per heavy atom. The number of hydrogen-bond donors (Lipinski definition) is 2. The number of thiol groups is 1. The van der Waals surface area contributed by atoms with Crippen molar-refractivity contribution in [3.63, 3.8) is 0 Å². The third kappa shape index (κ3) is 5.31. The van der Waals surface area contributed by atoms with E-state index in [1.165, 1.54) is 10.7 Å². The quantitative estimate of drug-likeness (QED) is 0.603. The van der Waals surface area contributed by atoms with Gasteiger partial charge in [0.05, 0.1) is 6.04 Å². The molecule has 8 nitrogen and oxygen atoms in total. The summed E-state index contributed by atoms with van der Waals surface area (Å²) in [5.74, 6) is -1.10. The summed E-state index contributed by atoms with van der Waals surface area (Å²) in [6, 6.07) is 5.76. The van der Waals surface area contributed by atoms with Crippen LogP contribution < -0.4 is 0 Å². The van der Waals surface area contributed by atoms with Crippen LogP contribution in [-0.4, -0.2) is 60.3 Å². The van der Waals surface area contributed by atoms with Gasteiger partial charge in [-0.25, -0.2) is 9.07 Å². The number of piperidine rings is 1. The minimum absolute atomic E-state index is 0. The Morgan fingerprint density at radius 2 is 2.03 bits per heavy atom. The number of halogens is 2. The predicted molar refractivity (Wildman–Crippen MR) is 117 cm³/mol. The van der Waals surface area contributed by atoms with Crippen molar-refractivity contribution in [3.8, 4) is 0 Å². The average molecular weight is 468 g/mol. The molecule has 0 bridgehead atoms. The lowest BCUT2D eigenvalue weighted by atomic mass is 9.93. The number of aromatic nitrogens is 4. The molecule has 2 atom stereocenters. The first-order valence-electron chi connectivity index (χ1n) is 9.82. The fourth-order valence-corrected chi connectivity index (χ4v) is 4.07. The fraction of sp³-hybridized carbons (Fsp3) is 0.450. The van der Waals surface area contributed by atoms with E-state index >= 15 is 0 Å². The van der Waals surface area contributed by atoms with Crippen LogP contribution in [0.25, 0.3) is 6.08 Å². The molecule has 11 heteroatoms. The highest BCUT2D eigenvalue weighted by atomic mass is 35.5. The lowest BCUT2D eigenvalue weighted by molar-refractivity contribution is -0.138. The van der Waals surface area contributed by atoms with Crippen LogP contribution >= 0.6 is 25.0 Å². The van der Waals surface area contributed by atoms with Crippen LogP contribution in [0.2, 0.25) is 0 Å². The van der Waals surface area contributed by atoms with E-state index in [0.717, 1.165) is 18.4 Å². The van der Waals surface area contributed by atoms with Crippen molar-refractivity contribution in [1.82, 2.24) is 25.1 Å². The first kappa shape index (κ1) is 23.4. The van der Waals surface area contributed by atoms with Gasteiger partial charge in [-0.1, -0.05) is 18.2 Å². The molecule has 1 aliphatic heterocycles. The zero-order valence-corrected chi connectivity index (χ0v) is 18.3. The van der Waals surface area contributed by atoms with E-state index < -0.39 is 12.0 Å². The number of carbonyl (C=O) groups is 2. The van der Waals surface area contributed by atoms with Gasteiger partial charge in [0.25, 0.3) is 0 Å². The van der Waals surface area contributed by atoms with Gasteiger partial charge in [-0.05, 0) is 47.4 Å². The van der Waals surface area contributed by atoms with Crippen LogP contribution in [0.3, 0.4) is 0 Å². The van der Waals surface area contributed by atoms with E-state index in [9.17, 15) is 14.0 Å². The molecule has 0 amide bonds. The number of nitrogens with zero attached hydrogens (tertiary/aromatic N) is 5. The molecule has 1 aromatic carbocycles. The van der Waals surface area contributed by atoms with E-state index in [1.807, 2.05) is 4.90 Å². The highest BCUT2D eigenvalue weighted by Crippen LogP contribution is 2.39. The smallest absolute Gasteiger partial charge is 0.325 e. The summed E-state index contributed by atoms with van der Waals surface area (Å²) in [5.41, 5.74) is 1.25. The fourth-order valence-electron chi connectivity index (χ4n) is 3.79. The minimum atomic E-state index is -1.05. The maximum absolute atomic E-state index is 14.6. The molecule has 1 saturated carbocycles. The zero-order valence-electron chi connectivity index (χ0n) is 16.6. The number of likely N-dealkylation sites (tertiary alicyclic amines) is 1. The second-order valence-corrected chi connectivity index (χ2v) is 8.31. The molecule has 1 aliphatic carbocycles. The van der Waals surface area contributed by atoms with Gasteiger partial charge < -0.3 is 5.11 Å². The van der Waals surface area contributed by atoms with Gasteiger partial charge in [-0.2, -0.15) is 12.6 Å². The number of carbonyl (C=O) groups excluding carboxylic acids is 1. The average Bonchev–Trinajstić information content (AvgIpc) is 3.48. The molecule has 1 saturated heterocycles. The Morgan fingerprint density at radius 3 is 2.71 bits per heavy atom.